The lowest BCUT2D eigenvalue weighted by Crippen LogP contribution is -2.47. The van der Waals surface area contributed by atoms with Crippen LogP contribution in [-0.2, 0) is 4.74 Å². The monoisotopic (exact) mass is 419 g/mol. The molecule has 1 saturated heterocycles. The number of hydrogen-bond acceptors (Lipinski definition) is 3. The lowest BCUT2D eigenvalue weighted by Gasteiger charge is -2.38. The summed E-state index contributed by atoms with van der Waals surface area (Å²) in [6, 6.07) is 16.1. The molecule has 0 spiro atoms. The van der Waals surface area contributed by atoms with Gasteiger partial charge >= 0.3 is 12.3 Å². The SMILES string of the molecule is O=C(OCC1c2ccccc2-c2ccccc21)N1CCC(O)(CCC(F)(F)F)CC1. The fourth-order valence-corrected chi connectivity index (χ4v) is 4.42. The Hall–Kier alpha value is -2.54. The van der Waals surface area contributed by atoms with Gasteiger partial charge in [0, 0.05) is 25.4 Å². The van der Waals surface area contributed by atoms with E-state index in [0.29, 0.717) is 0 Å². The van der Waals surface area contributed by atoms with Gasteiger partial charge in [0.1, 0.15) is 6.61 Å². The average molecular weight is 419 g/mol. The summed E-state index contributed by atoms with van der Waals surface area (Å²) < 4.78 is 42.9. The largest absolute Gasteiger partial charge is 0.448 e. The number of ether oxygens (including phenoxy) is 1. The molecular weight excluding hydrogens is 395 g/mol. The van der Waals surface area contributed by atoms with Crippen LogP contribution in [0.5, 0.6) is 0 Å². The molecular formula is C23H24F3NO3. The number of piperidine rings is 1. The Balaban J connectivity index is 1.35. The summed E-state index contributed by atoms with van der Waals surface area (Å²) in [6.45, 7) is 0.567. The molecule has 2 aliphatic rings. The summed E-state index contributed by atoms with van der Waals surface area (Å²) in [7, 11) is 0. The highest BCUT2D eigenvalue weighted by molar-refractivity contribution is 5.79. The van der Waals surface area contributed by atoms with Gasteiger partial charge in [0.05, 0.1) is 5.60 Å². The van der Waals surface area contributed by atoms with Crippen LogP contribution in [0.1, 0.15) is 42.7 Å². The summed E-state index contributed by atoms with van der Waals surface area (Å²) in [5.41, 5.74) is 3.14. The van der Waals surface area contributed by atoms with Gasteiger partial charge in [-0.3, -0.25) is 0 Å². The summed E-state index contributed by atoms with van der Waals surface area (Å²) in [6.07, 6.45) is -5.90. The number of halogens is 3. The summed E-state index contributed by atoms with van der Waals surface area (Å²) >= 11 is 0. The van der Waals surface area contributed by atoms with Crippen LogP contribution in [0.3, 0.4) is 0 Å². The van der Waals surface area contributed by atoms with Gasteiger partial charge in [-0.15, -0.1) is 0 Å². The van der Waals surface area contributed by atoms with Gasteiger partial charge in [-0.05, 0) is 41.5 Å². The first-order chi connectivity index (χ1) is 14.3. The Morgan fingerprint density at radius 2 is 1.57 bits per heavy atom. The third-order valence-corrected chi connectivity index (χ3v) is 6.16. The molecule has 1 aliphatic carbocycles. The van der Waals surface area contributed by atoms with Crippen molar-refractivity contribution >= 4 is 6.09 Å². The molecule has 2 aromatic rings. The molecule has 0 atom stereocenters. The fourth-order valence-electron chi connectivity index (χ4n) is 4.42. The van der Waals surface area contributed by atoms with E-state index in [-0.39, 0.29) is 44.9 Å². The smallest absolute Gasteiger partial charge is 0.409 e. The molecule has 7 heteroatoms. The van der Waals surface area contributed by atoms with Crippen LogP contribution in [0.2, 0.25) is 0 Å². The van der Waals surface area contributed by atoms with Crippen molar-refractivity contribution in [2.75, 3.05) is 19.7 Å². The van der Waals surface area contributed by atoms with E-state index in [9.17, 15) is 23.1 Å². The number of likely N-dealkylation sites (tertiary alicyclic amines) is 1. The van der Waals surface area contributed by atoms with E-state index in [1.165, 1.54) is 4.90 Å². The number of fused-ring (bicyclic) bond motifs is 3. The van der Waals surface area contributed by atoms with Crippen molar-refractivity contribution < 1.29 is 27.8 Å². The van der Waals surface area contributed by atoms with E-state index < -0.39 is 24.3 Å². The molecule has 30 heavy (non-hydrogen) atoms. The van der Waals surface area contributed by atoms with Crippen molar-refractivity contribution in [2.45, 2.75) is 43.4 Å². The number of hydrogen-bond donors (Lipinski definition) is 1. The van der Waals surface area contributed by atoms with Crippen molar-refractivity contribution in [3.05, 3.63) is 59.7 Å². The second-order valence-electron chi connectivity index (χ2n) is 8.13. The van der Waals surface area contributed by atoms with Gasteiger partial charge in [-0.2, -0.15) is 13.2 Å². The minimum Gasteiger partial charge on any atom is -0.448 e. The molecule has 1 fully saturated rings. The number of amides is 1. The van der Waals surface area contributed by atoms with Crippen molar-refractivity contribution in [3.8, 4) is 11.1 Å². The highest BCUT2D eigenvalue weighted by Gasteiger charge is 2.38. The summed E-state index contributed by atoms with van der Waals surface area (Å²) in [5, 5.41) is 10.4. The Labute approximate surface area is 173 Å². The van der Waals surface area contributed by atoms with Crippen LogP contribution in [-0.4, -0.2) is 47.6 Å². The maximum absolute atomic E-state index is 12.5. The van der Waals surface area contributed by atoms with Crippen LogP contribution in [0.25, 0.3) is 11.1 Å². The fraction of sp³-hybridized carbons (Fsp3) is 0.435. The molecule has 1 amide bonds. The van der Waals surface area contributed by atoms with Crippen LogP contribution in [0.15, 0.2) is 48.5 Å². The molecule has 0 bridgehead atoms. The molecule has 0 unspecified atom stereocenters. The number of carbonyl (C=O) groups is 1. The molecule has 0 saturated carbocycles. The molecule has 0 radical (unpaired) electrons. The number of alkyl halides is 3. The Morgan fingerprint density at radius 1 is 1.03 bits per heavy atom. The third kappa shape index (κ3) is 4.31. The normalized spacial score (nSPS) is 18.1. The van der Waals surface area contributed by atoms with Gasteiger partial charge in [0.2, 0.25) is 0 Å². The topological polar surface area (TPSA) is 49.8 Å². The lowest BCUT2D eigenvalue weighted by atomic mass is 9.87. The number of carbonyl (C=O) groups excluding carboxylic acids is 1. The van der Waals surface area contributed by atoms with E-state index in [1.54, 1.807) is 0 Å². The van der Waals surface area contributed by atoms with Crippen molar-refractivity contribution in [1.29, 1.82) is 0 Å². The second-order valence-corrected chi connectivity index (χ2v) is 8.13. The van der Waals surface area contributed by atoms with E-state index in [4.69, 9.17) is 4.74 Å². The molecule has 1 aliphatic heterocycles. The number of benzene rings is 2. The zero-order valence-electron chi connectivity index (χ0n) is 16.5. The second kappa shape index (κ2) is 7.95. The quantitative estimate of drug-likeness (QED) is 0.750. The minimum atomic E-state index is -4.29. The average Bonchev–Trinajstić information content (AvgIpc) is 3.05. The van der Waals surface area contributed by atoms with Crippen molar-refractivity contribution in [3.63, 3.8) is 0 Å². The summed E-state index contributed by atoms with van der Waals surface area (Å²) in [5.74, 6) is -0.0464. The van der Waals surface area contributed by atoms with Gasteiger partial charge < -0.3 is 14.7 Å². The predicted molar refractivity (Wildman–Crippen MR) is 106 cm³/mol. The Bertz CT molecular complexity index is 874. The summed E-state index contributed by atoms with van der Waals surface area (Å²) in [4.78, 5) is 14.0. The molecule has 1 N–H and O–H groups in total. The first kappa shape index (κ1) is 20.7. The van der Waals surface area contributed by atoms with Gasteiger partial charge in [0.15, 0.2) is 0 Å². The first-order valence-corrected chi connectivity index (χ1v) is 10.1. The van der Waals surface area contributed by atoms with Crippen molar-refractivity contribution in [2.24, 2.45) is 0 Å². The predicted octanol–water partition coefficient (Wildman–Crippen LogP) is 5.10. The maximum Gasteiger partial charge on any atom is 0.409 e. The third-order valence-electron chi connectivity index (χ3n) is 6.16. The molecule has 0 aromatic heterocycles. The maximum atomic E-state index is 12.5. The van der Waals surface area contributed by atoms with Crippen LogP contribution >= 0.6 is 0 Å². The number of rotatable bonds is 4. The zero-order valence-corrected chi connectivity index (χ0v) is 16.5. The molecule has 160 valence electrons. The standard InChI is InChI=1S/C23H24F3NO3/c24-23(25,26)10-9-22(29)11-13-27(14-12-22)21(28)30-15-20-18-7-3-1-5-16(18)17-6-2-4-8-19(17)20/h1-8,20,29H,9-15H2. The van der Waals surface area contributed by atoms with Crippen LogP contribution in [0.4, 0.5) is 18.0 Å². The Morgan fingerprint density at radius 3 is 2.10 bits per heavy atom. The number of aliphatic hydroxyl groups is 1. The van der Waals surface area contributed by atoms with Crippen molar-refractivity contribution in [1.82, 2.24) is 4.90 Å². The van der Waals surface area contributed by atoms with Crippen LogP contribution < -0.4 is 0 Å². The minimum absolute atomic E-state index is 0.0464. The van der Waals surface area contributed by atoms with Gasteiger partial charge in [-0.25, -0.2) is 4.79 Å². The highest BCUT2D eigenvalue weighted by atomic mass is 19.4. The van der Waals surface area contributed by atoms with E-state index in [0.717, 1.165) is 22.3 Å². The molecule has 2 aromatic carbocycles. The van der Waals surface area contributed by atoms with E-state index in [1.807, 2.05) is 36.4 Å². The highest BCUT2D eigenvalue weighted by Crippen LogP contribution is 2.44. The Kier molecular flexibility index (Phi) is 5.49. The van der Waals surface area contributed by atoms with E-state index in [2.05, 4.69) is 12.1 Å². The number of nitrogens with zero attached hydrogens (tertiary/aromatic N) is 1. The van der Waals surface area contributed by atoms with Crippen LogP contribution in [0, 0.1) is 0 Å². The van der Waals surface area contributed by atoms with Gasteiger partial charge in [0.25, 0.3) is 0 Å². The first-order valence-electron chi connectivity index (χ1n) is 10.1. The molecule has 4 rings (SSSR count). The molecule has 1 heterocycles. The lowest BCUT2D eigenvalue weighted by molar-refractivity contribution is -0.150. The zero-order chi connectivity index (χ0) is 21.4. The molecule has 4 nitrogen and oxygen atoms in total. The van der Waals surface area contributed by atoms with Gasteiger partial charge in [-0.1, -0.05) is 48.5 Å². The van der Waals surface area contributed by atoms with E-state index >= 15 is 0 Å².